The van der Waals surface area contributed by atoms with Gasteiger partial charge in [-0.25, -0.2) is 9.13 Å². The number of phosphoric ester groups is 2. The van der Waals surface area contributed by atoms with Crippen molar-refractivity contribution < 1.29 is 80.2 Å². The molecule has 0 aromatic heterocycles. The van der Waals surface area contributed by atoms with Crippen LogP contribution in [0.2, 0.25) is 0 Å². The van der Waals surface area contributed by atoms with Crippen LogP contribution in [0.3, 0.4) is 0 Å². The van der Waals surface area contributed by atoms with Crippen molar-refractivity contribution in [2.24, 2.45) is 5.92 Å². The minimum absolute atomic E-state index is 0.105. The van der Waals surface area contributed by atoms with Gasteiger partial charge in [0.15, 0.2) is 12.2 Å². The Bertz CT molecular complexity index is 1620. The Morgan fingerprint density at radius 3 is 0.819 bits per heavy atom. The first-order valence-electron chi connectivity index (χ1n) is 33.6. The lowest BCUT2D eigenvalue weighted by Crippen LogP contribution is -2.30. The summed E-state index contributed by atoms with van der Waals surface area (Å²) in [4.78, 5) is 72.0. The molecule has 0 fully saturated rings. The van der Waals surface area contributed by atoms with Crippen molar-refractivity contribution in [3.8, 4) is 0 Å². The highest BCUT2D eigenvalue weighted by Crippen LogP contribution is 2.45. The molecule has 0 rings (SSSR count). The number of hydrogen-bond acceptors (Lipinski definition) is 15. The summed E-state index contributed by atoms with van der Waals surface area (Å²) < 4.78 is 67.9. The molecular weight excluding hydrogens is 1100 g/mol. The van der Waals surface area contributed by atoms with Gasteiger partial charge in [-0.3, -0.25) is 37.3 Å². The molecule has 0 radical (unpaired) electrons. The number of phosphoric acid groups is 2. The number of hydrogen-bond donors (Lipinski definition) is 3. The first-order chi connectivity index (χ1) is 40.0. The van der Waals surface area contributed by atoms with Crippen LogP contribution in [0.4, 0.5) is 0 Å². The highest BCUT2D eigenvalue weighted by molar-refractivity contribution is 7.47. The lowest BCUT2D eigenvalue weighted by molar-refractivity contribution is -0.161. The highest BCUT2D eigenvalue weighted by Gasteiger charge is 2.30. The minimum atomic E-state index is -4.94. The molecule has 0 heterocycles. The van der Waals surface area contributed by atoms with E-state index < -0.39 is 97.5 Å². The van der Waals surface area contributed by atoms with Crippen molar-refractivity contribution in [2.75, 3.05) is 39.6 Å². The predicted octanol–water partition coefficient (Wildman–Crippen LogP) is 17.8. The van der Waals surface area contributed by atoms with Crippen molar-refractivity contribution in [2.45, 2.75) is 342 Å². The number of ether oxygens (including phenoxy) is 4. The molecule has 5 atom stereocenters. The lowest BCUT2D eigenvalue weighted by Gasteiger charge is -2.21. The fraction of sp³-hybridized carbons (Fsp3) is 0.938. The summed E-state index contributed by atoms with van der Waals surface area (Å²) in [5.74, 6) is -1.38. The van der Waals surface area contributed by atoms with Crippen LogP contribution in [0, 0.1) is 5.92 Å². The summed E-state index contributed by atoms with van der Waals surface area (Å²) in [5.41, 5.74) is 0. The third-order valence-corrected chi connectivity index (χ3v) is 16.7. The summed E-state index contributed by atoms with van der Waals surface area (Å²) in [5, 5.41) is 10.5. The maximum Gasteiger partial charge on any atom is 0.472 e. The molecule has 83 heavy (non-hydrogen) atoms. The molecule has 0 aliphatic heterocycles. The molecule has 0 aliphatic rings. The van der Waals surface area contributed by atoms with Gasteiger partial charge < -0.3 is 33.8 Å². The zero-order valence-corrected chi connectivity index (χ0v) is 55.1. The molecule has 19 heteroatoms. The zero-order valence-electron chi connectivity index (χ0n) is 53.3. The Morgan fingerprint density at radius 1 is 0.325 bits per heavy atom. The van der Waals surface area contributed by atoms with Crippen molar-refractivity contribution in [3.63, 3.8) is 0 Å². The number of aliphatic hydroxyl groups is 1. The molecule has 0 aromatic carbocycles. The van der Waals surface area contributed by atoms with E-state index in [1.807, 2.05) is 0 Å². The van der Waals surface area contributed by atoms with E-state index in [4.69, 9.17) is 37.0 Å². The summed E-state index contributed by atoms with van der Waals surface area (Å²) >= 11 is 0. The van der Waals surface area contributed by atoms with Gasteiger partial charge in [0.1, 0.15) is 19.3 Å². The smallest absolute Gasteiger partial charge is 0.462 e. The van der Waals surface area contributed by atoms with Gasteiger partial charge in [0.25, 0.3) is 0 Å². The van der Waals surface area contributed by atoms with E-state index in [-0.39, 0.29) is 25.7 Å². The molecule has 2 unspecified atom stereocenters. The highest BCUT2D eigenvalue weighted by atomic mass is 31.2. The van der Waals surface area contributed by atoms with Crippen molar-refractivity contribution in [3.05, 3.63) is 0 Å². The normalized spacial score (nSPS) is 14.2. The Kier molecular flexibility index (Phi) is 56.4. The van der Waals surface area contributed by atoms with Crippen LogP contribution in [0.5, 0.6) is 0 Å². The van der Waals surface area contributed by atoms with E-state index in [2.05, 4.69) is 34.6 Å². The van der Waals surface area contributed by atoms with Gasteiger partial charge in [-0.15, -0.1) is 0 Å². The van der Waals surface area contributed by atoms with Crippen LogP contribution < -0.4 is 0 Å². The molecule has 0 amide bonds. The SMILES string of the molecule is CCCCCCCCCCCCCCCCCC(=O)O[C@H](COC(=O)CCCCCCCCCCCCC(C)C)COP(=O)(O)OC[C@@H](O)COP(=O)(O)OC[C@@H](COC(=O)CCCCCCCCC)OC(=O)CCCCCCCCCC. The van der Waals surface area contributed by atoms with Crippen molar-refractivity contribution >= 4 is 39.5 Å². The molecule has 17 nitrogen and oxygen atoms in total. The molecular formula is C64H124O17P2. The van der Waals surface area contributed by atoms with E-state index in [0.29, 0.717) is 25.7 Å². The van der Waals surface area contributed by atoms with Crippen molar-refractivity contribution in [1.82, 2.24) is 0 Å². The summed E-state index contributed by atoms with van der Waals surface area (Å²) in [7, 11) is -9.88. The number of carbonyl (C=O) groups excluding carboxylic acids is 4. The second-order valence-corrected chi connectivity index (χ2v) is 26.5. The van der Waals surface area contributed by atoms with E-state index >= 15 is 0 Å². The second-order valence-electron chi connectivity index (χ2n) is 23.6. The molecule has 0 saturated carbocycles. The maximum atomic E-state index is 13.0. The van der Waals surface area contributed by atoms with E-state index in [1.165, 1.54) is 128 Å². The first kappa shape index (κ1) is 81.1. The lowest BCUT2D eigenvalue weighted by atomic mass is 10.0. The minimum Gasteiger partial charge on any atom is -0.462 e. The van der Waals surface area contributed by atoms with E-state index in [1.54, 1.807) is 0 Å². The third-order valence-electron chi connectivity index (χ3n) is 14.8. The van der Waals surface area contributed by atoms with Gasteiger partial charge in [0, 0.05) is 25.7 Å². The largest absolute Gasteiger partial charge is 0.472 e. The maximum absolute atomic E-state index is 13.0. The fourth-order valence-electron chi connectivity index (χ4n) is 9.58. The number of unbranched alkanes of at least 4 members (excludes halogenated alkanes) is 36. The average Bonchev–Trinajstić information content (AvgIpc) is 3.47. The molecule has 0 aliphatic carbocycles. The average molecular weight is 1230 g/mol. The molecule has 492 valence electrons. The molecule has 3 N–H and O–H groups in total. The van der Waals surface area contributed by atoms with Crippen LogP contribution in [0.1, 0.15) is 324 Å². The fourth-order valence-corrected chi connectivity index (χ4v) is 11.2. The van der Waals surface area contributed by atoms with Crippen LogP contribution in [-0.2, 0) is 65.4 Å². The Labute approximate surface area is 505 Å². The number of esters is 4. The van der Waals surface area contributed by atoms with Crippen LogP contribution >= 0.6 is 15.6 Å². The predicted molar refractivity (Wildman–Crippen MR) is 331 cm³/mol. The Morgan fingerprint density at radius 2 is 0.554 bits per heavy atom. The standard InChI is InChI=1S/C64H124O17P2/c1-6-9-12-15-18-20-21-22-23-24-25-30-35-40-45-50-64(69)81-60(54-75-62(67)48-43-38-34-29-27-26-28-32-36-41-46-57(4)5)56-79-83(72,73)77-52-58(65)51-76-82(70,71)78-55-59(53-74-61(66)47-42-37-31-17-14-11-8-3)80-63(68)49-44-39-33-19-16-13-10-7-2/h57-60,65H,6-56H2,1-5H3,(H,70,71)(H,72,73)/t58-,59+,60+/m0/s1. The summed E-state index contributed by atoms with van der Waals surface area (Å²) in [6, 6.07) is 0. The summed E-state index contributed by atoms with van der Waals surface area (Å²) in [6.07, 6.45) is 41.8. The van der Waals surface area contributed by atoms with E-state index in [0.717, 1.165) is 115 Å². The first-order valence-corrected chi connectivity index (χ1v) is 36.6. The third kappa shape index (κ3) is 58.8. The topological polar surface area (TPSA) is 237 Å². The van der Waals surface area contributed by atoms with E-state index in [9.17, 15) is 43.2 Å². The molecule has 0 aromatic rings. The van der Waals surface area contributed by atoms with Crippen LogP contribution in [0.15, 0.2) is 0 Å². The molecule has 0 bridgehead atoms. The van der Waals surface area contributed by atoms with Gasteiger partial charge in [-0.1, -0.05) is 272 Å². The van der Waals surface area contributed by atoms with Crippen LogP contribution in [-0.4, -0.2) is 96.7 Å². The van der Waals surface area contributed by atoms with Gasteiger partial charge in [0.05, 0.1) is 26.4 Å². The number of rotatable bonds is 64. The van der Waals surface area contributed by atoms with Gasteiger partial charge in [-0.2, -0.15) is 0 Å². The monoisotopic (exact) mass is 1230 g/mol. The Balaban J connectivity index is 5.19. The second kappa shape index (κ2) is 57.8. The molecule has 0 spiro atoms. The van der Waals surface area contributed by atoms with Crippen molar-refractivity contribution in [1.29, 1.82) is 0 Å². The van der Waals surface area contributed by atoms with Crippen LogP contribution in [0.25, 0.3) is 0 Å². The quantitative estimate of drug-likeness (QED) is 0.0222. The molecule has 0 saturated heterocycles. The van der Waals surface area contributed by atoms with Gasteiger partial charge in [0.2, 0.25) is 0 Å². The number of carbonyl (C=O) groups is 4. The Hall–Kier alpha value is -1.94. The number of aliphatic hydroxyl groups excluding tert-OH is 1. The summed E-state index contributed by atoms with van der Waals surface area (Å²) in [6.45, 7) is 7.13. The van der Waals surface area contributed by atoms with Gasteiger partial charge in [-0.05, 0) is 31.6 Å². The zero-order chi connectivity index (χ0) is 61.3. The van der Waals surface area contributed by atoms with Gasteiger partial charge >= 0.3 is 39.5 Å².